The van der Waals surface area contributed by atoms with Crippen LogP contribution in [0, 0.1) is 5.82 Å². The Morgan fingerprint density at radius 2 is 1.77 bits per heavy atom. The first kappa shape index (κ1) is 18.9. The van der Waals surface area contributed by atoms with Gasteiger partial charge in [-0.2, -0.15) is 0 Å². The predicted molar refractivity (Wildman–Crippen MR) is 97.2 cm³/mol. The van der Waals surface area contributed by atoms with E-state index in [0.717, 1.165) is 5.56 Å². The van der Waals surface area contributed by atoms with E-state index in [1.54, 1.807) is 18.3 Å². The molecule has 140 valence electrons. The standard InChI is InChI=1S/C19H25BFNO4/c1-18(2)19(3,4)26-20(25-18)16-12-22(17(23)24-5)11-10-15(16)13-6-8-14(21)9-7-13/h6-11,15-16H,12H2,1-5H3. The third-order valence-corrected chi connectivity index (χ3v) is 5.63. The van der Waals surface area contributed by atoms with Gasteiger partial charge in [-0.15, -0.1) is 0 Å². The van der Waals surface area contributed by atoms with E-state index < -0.39 is 24.4 Å². The van der Waals surface area contributed by atoms with Crippen LogP contribution in [0.4, 0.5) is 9.18 Å². The summed E-state index contributed by atoms with van der Waals surface area (Å²) < 4.78 is 30.6. The molecule has 1 fully saturated rings. The largest absolute Gasteiger partial charge is 0.463 e. The Morgan fingerprint density at radius 1 is 1.19 bits per heavy atom. The van der Waals surface area contributed by atoms with Gasteiger partial charge in [-0.25, -0.2) is 9.18 Å². The van der Waals surface area contributed by atoms with Crippen molar-refractivity contribution in [2.45, 2.75) is 50.6 Å². The van der Waals surface area contributed by atoms with E-state index in [1.807, 2.05) is 33.8 Å². The number of rotatable bonds is 2. The van der Waals surface area contributed by atoms with Crippen LogP contribution in [-0.4, -0.2) is 43.0 Å². The third kappa shape index (κ3) is 3.38. The fraction of sp³-hybridized carbons (Fsp3) is 0.526. The molecule has 3 rings (SSSR count). The number of ether oxygens (including phenoxy) is 1. The van der Waals surface area contributed by atoms with Gasteiger partial charge >= 0.3 is 13.2 Å². The minimum atomic E-state index is -0.493. The maximum absolute atomic E-state index is 13.3. The SMILES string of the molecule is COC(=O)N1C=CC(c2ccc(F)cc2)C(B2OC(C)(C)C(C)(C)O2)C1. The summed E-state index contributed by atoms with van der Waals surface area (Å²) in [5, 5.41) is 0. The second-order valence-corrected chi connectivity index (χ2v) is 7.83. The maximum Gasteiger partial charge on any atom is 0.463 e. The molecule has 5 nitrogen and oxygen atoms in total. The molecular formula is C19H25BFNO4. The van der Waals surface area contributed by atoms with Gasteiger partial charge in [-0.1, -0.05) is 18.2 Å². The van der Waals surface area contributed by atoms with Gasteiger partial charge < -0.3 is 14.0 Å². The van der Waals surface area contributed by atoms with Crippen LogP contribution < -0.4 is 0 Å². The van der Waals surface area contributed by atoms with Crippen molar-refractivity contribution in [3.8, 4) is 0 Å². The average molecular weight is 361 g/mol. The molecule has 2 heterocycles. The van der Waals surface area contributed by atoms with E-state index >= 15 is 0 Å². The fourth-order valence-electron chi connectivity index (χ4n) is 3.36. The van der Waals surface area contributed by atoms with Crippen molar-refractivity contribution in [3.63, 3.8) is 0 Å². The van der Waals surface area contributed by atoms with Crippen LogP contribution in [0.3, 0.4) is 0 Å². The minimum absolute atomic E-state index is 0.0637. The Balaban J connectivity index is 1.93. The Labute approximate surface area is 154 Å². The molecule has 26 heavy (non-hydrogen) atoms. The van der Waals surface area contributed by atoms with Crippen molar-refractivity contribution in [2.75, 3.05) is 13.7 Å². The molecule has 0 radical (unpaired) electrons. The monoisotopic (exact) mass is 361 g/mol. The van der Waals surface area contributed by atoms with Gasteiger partial charge in [-0.3, -0.25) is 4.90 Å². The van der Waals surface area contributed by atoms with E-state index in [1.165, 1.54) is 24.1 Å². The zero-order valence-corrected chi connectivity index (χ0v) is 15.9. The molecule has 2 aliphatic rings. The van der Waals surface area contributed by atoms with Crippen molar-refractivity contribution in [1.82, 2.24) is 4.90 Å². The van der Waals surface area contributed by atoms with Gasteiger partial charge in [-0.05, 0) is 45.4 Å². The third-order valence-electron chi connectivity index (χ3n) is 5.63. The summed E-state index contributed by atoms with van der Waals surface area (Å²) >= 11 is 0. The predicted octanol–water partition coefficient (Wildman–Crippen LogP) is 3.97. The van der Waals surface area contributed by atoms with Crippen molar-refractivity contribution >= 4 is 13.2 Å². The zero-order chi connectivity index (χ0) is 19.1. The highest BCUT2D eigenvalue weighted by Gasteiger charge is 2.55. The summed E-state index contributed by atoms with van der Waals surface area (Å²) in [7, 11) is 0.860. The number of allylic oxidation sites excluding steroid dienone is 1. The highest BCUT2D eigenvalue weighted by Crippen LogP contribution is 2.46. The van der Waals surface area contributed by atoms with E-state index in [0.29, 0.717) is 6.54 Å². The minimum Gasteiger partial charge on any atom is -0.452 e. The second-order valence-electron chi connectivity index (χ2n) is 7.83. The van der Waals surface area contributed by atoms with E-state index in [4.69, 9.17) is 14.0 Å². The van der Waals surface area contributed by atoms with E-state index in [-0.39, 0.29) is 17.6 Å². The Morgan fingerprint density at radius 3 is 2.31 bits per heavy atom. The number of nitrogens with zero attached hydrogens (tertiary/aromatic N) is 1. The molecule has 7 heteroatoms. The van der Waals surface area contributed by atoms with Crippen LogP contribution >= 0.6 is 0 Å². The van der Waals surface area contributed by atoms with Crippen molar-refractivity contribution in [1.29, 1.82) is 0 Å². The molecule has 1 aromatic rings. The van der Waals surface area contributed by atoms with Gasteiger partial charge in [0, 0.05) is 24.5 Å². The molecular weight excluding hydrogens is 336 g/mol. The van der Waals surface area contributed by atoms with Crippen LogP contribution in [0.1, 0.15) is 39.2 Å². The van der Waals surface area contributed by atoms with Gasteiger partial charge in [0.1, 0.15) is 5.82 Å². The topological polar surface area (TPSA) is 48.0 Å². The van der Waals surface area contributed by atoms with E-state index in [9.17, 15) is 9.18 Å². The first-order chi connectivity index (χ1) is 12.1. The Bertz CT molecular complexity index is 688. The highest BCUT2D eigenvalue weighted by atomic mass is 19.1. The van der Waals surface area contributed by atoms with Crippen LogP contribution in [-0.2, 0) is 14.0 Å². The fourth-order valence-corrected chi connectivity index (χ4v) is 3.36. The lowest BCUT2D eigenvalue weighted by atomic mass is 9.62. The van der Waals surface area contributed by atoms with Crippen molar-refractivity contribution in [3.05, 3.63) is 47.9 Å². The number of carbonyl (C=O) groups excluding carboxylic acids is 1. The Hall–Kier alpha value is -1.86. The summed E-state index contributed by atoms with van der Waals surface area (Å²) in [5.74, 6) is -0.492. The molecule has 0 saturated carbocycles. The molecule has 2 aliphatic heterocycles. The molecule has 1 aromatic carbocycles. The summed E-state index contributed by atoms with van der Waals surface area (Å²) in [6, 6.07) is 6.40. The first-order valence-electron chi connectivity index (χ1n) is 8.78. The second kappa shape index (κ2) is 6.70. The lowest BCUT2D eigenvalue weighted by molar-refractivity contribution is 0.00578. The quantitative estimate of drug-likeness (QED) is 0.748. The van der Waals surface area contributed by atoms with Gasteiger partial charge in [0.25, 0.3) is 0 Å². The van der Waals surface area contributed by atoms with Crippen molar-refractivity contribution in [2.24, 2.45) is 0 Å². The van der Waals surface area contributed by atoms with Crippen molar-refractivity contribution < 1.29 is 23.2 Å². The normalized spacial score (nSPS) is 26.8. The number of amides is 1. The number of benzene rings is 1. The highest BCUT2D eigenvalue weighted by molar-refractivity contribution is 6.48. The molecule has 1 saturated heterocycles. The maximum atomic E-state index is 13.3. The van der Waals surface area contributed by atoms with Gasteiger partial charge in [0.05, 0.1) is 18.3 Å². The number of carbonyl (C=O) groups is 1. The average Bonchev–Trinajstić information content (AvgIpc) is 2.82. The van der Waals surface area contributed by atoms with E-state index in [2.05, 4.69) is 0 Å². The molecule has 1 amide bonds. The van der Waals surface area contributed by atoms with Crippen LogP contribution in [0.25, 0.3) is 0 Å². The molecule has 0 N–H and O–H groups in total. The Kier molecular flexibility index (Phi) is 4.88. The summed E-state index contributed by atoms with van der Waals surface area (Å²) in [6.45, 7) is 8.38. The lowest BCUT2D eigenvalue weighted by Crippen LogP contribution is -2.41. The lowest BCUT2D eigenvalue weighted by Gasteiger charge is -2.34. The number of halogens is 1. The number of methoxy groups -OCH3 is 1. The van der Waals surface area contributed by atoms with Gasteiger partial charge in [0.15, 0.2) is 0 Å². The smallest absolute Gasteiger partial charge is 0.452 e. The zero-order valence-electron chi connectivity index (χ0n) is 15.9. The molecule has 2 unspecified atom stereocenters. The molecule has 2 atom stereocenters. The van der Waals surface area contributed by atoms with Crippen LogP contribution in [0.5, 0.6) is 0 Å². The molecule has 0 spiro atoms. The summed E-state index contributed by atoms with van der Waals surface area (Å²) in [4.78, 5) is 13.5. The number of hydrogen-bond donors (Lipinski definition) is 0. The number of hydrogen-bond acceptors (Lipinski definition) is 4. The van der Waals surface area contributed by atoms with Crippen LogP contribution in [0.15, 0.2) is 36.5 Å². The summed E-state index contributed by atoms with van der Waals surface area (Å²) in [5.41, 5.74) is 0.0109. The first-order valence-corrected chi connectivity index (χ1v) is 8.78. The molecule has 0 aliphatic carbocycles. The van der Waals surface area contributed by atoms with Gasteiger partial charge in [0.2, 0.25) is 0 Å². The van der Waals surface area contributed by atoms with Crippen LogP contribution in [0.2, 0.25) is 5.82 Å². The molecule has 0 aromatic heterocycles. The molecule has 0 bridgehead atoms. The summed E-state index contributed by atoms with van der Waals surface area (Å²) in [6.07, 6.45) is 3.20.